The predicted molar refractivity (Wildman–Crippen MR) is 123 cm³/mol. The largest absolute Gasteiger partial charge is 0.454 e. The van der Waals surface area contributed by atoms with Gasteiger partial charge in [-0.05, 0) is 48.4 Å². The van der Waals surface area contributed by atoms with Gasteiger partial charge in [0, 0.05) is 22.9 Å². The summed E-state index contributed by atoms with van der Waals surface area (Å²) < 4.78 is 6.12. The van der Waals surface area contributed by atoms with Crippen molar-refractivity contribution in [1.82, 2.24) is 10.3 Å². The lowest BCUT2D eigenvalue weighted by Gasteiger charge is -2.34. The normalized spacial score (nSPS) is 25.2. The Bertz CT molecular complexity index is 1440. The lowest BCUT2D eigenvalue weighted by molar-refractivity contribution is -0.169. The molecule has 3 atom stereocenters. The number of pyridine rings is 1. The molecule has 5 N–H and O–H groups in total. The standard InChI is InChI=1S/C26H23N3O5/c1-13(14-8-9-14)15-10-11-16-20(12-15)34-26(33)17-4-2-5-18(27)22(17)23(31)25(16,26)29-24(32)19-6-3-7-21(30)28-19/h2-7,10-14,33H,8-9,27H2,1H3,(H,28,30)(H,29,32)/t13?,25?,26-/m1/s1. The molecular formula is C26H23N3O5. The molecule has 1 aliphatic heterocycles. The maximum atomic E-state index is 14.0. The molecule has 0 bridgehead atoms. The van der Waals surface area contributed by atoms with Crippen LogP contribution in [0.1, 0.15) is 63.2 Å². The Kier molecular flexibility index (Phi) is 4.14. The minimum Gasteiger partial charge on any atom is -0.454 e. The third kappa shape index (κ3) is 2.60. The molecule has 0 spiro atoms. The zero-order chi connectivity index (χ0) is 23.8. The molecule has 2 heterocycles. The van der Waals surface area contributed by atoms with Gasteiger partial charge < -0.3 is 25.9 Å². The van der Waals surface area contributed by atoms with Gasteiger partial charge in [0.2, 0.25) is 16.9 Å². The van der Waals surface area contributed by atoms with E-state index in [4.69, 9.17) is 10.5 Å². The second-order valence-corrected chi connectivity index (χ2v) is 9.36. The monoisotopic (exact) mass is 457 g/mol. The summed E-state index contributed by atoms with van der Waals surface area (Å²) in [7, 11) is 0. The van der Waals surface area contributed by atoms with E-state index in [1.165, 1.54) is 31.0 Å². The summed E-state index contributed by atoms with van der Waals surface area (Å²) in [6.45, 7) is 2.15. The van der Waals surface area contributed by atoms with Gasteiger partial charge in [0.15, 0.2) is 0 Å². The van der Waals surface area contributed by atoms with E-state index >= 15 is 0 Å². The van der Waals surface area contributed by atoms with Crippen LogP contribution in [0.2, 0.25) is 0 Å². The van der Waals surface area contributed by atoms with Crippen LogP contribution in [0.5, 0.6) is 5.75 Å². The van der Waals surface area contributed by atoms with E-state index in [0.717, 1.165) is 5.56 Å². The molecule has 1 saturated carbocycles. The first-order chi connectivity index (χ1) is 16.3. The predicted octanol–water partition coefficient (Wildman–Crippen LogP) is 2.53. The third-order valence-electron chi connectivity index (χ3n) is 7.37. The van der Waals surface area contributed by atoms with Crippen molar-refractivity contribution in [3.05, 3.63) is 92.9 Å². The molecule has 1 aromatic heterocycles. The van der Waals surface area contributed by atoms with Gasteiger partial charge in [0.1, 0.15) is 11.4 Å². The van der Waals surface area contributed by atoms with Crippen molar-refractivity contribution in [2.75, 3.05) is 5.73 Å². The van der Waals surface area contributed by atoms with Crippen molar-refractivity contribution in [2.45, 2.75) is 37.0 Å². The third-order valence-corrected chi connectivity index (χ3v) is 7.37. The number of anilines is 1. The molecule has 0 saturated heterocycles. The van der Waals surface area contributed by atoms with E-state index in [0.29, 0.717) is 23.1 Å². The Morgan fingerprint density at radius 3 is 2.65 bits per heavy atom. The zero-order valence-electron chi connectivity index (χ0n) is 18.4. The van der Waals surface area contributed by atoms with Crippen molar-refractivity contribution in [2.24, 2.45) is 5.92 Å². The minimum absolute atomic E-state index is 0.0478. The van der Waals surface area contributed by atoms with Gasteiger partial charge in [-0.2, -0.15) is 0 Å². The van der Waals surface area contributed by atoms with Crippen LogP contribution in [0, 0.1) is 5.92 Å². The van der Waals surface area contributed by atoms with Gasteiger partial charge in [-0.25, -0.2) is 0 Å². The molecule has 1 fully saturated rings. The van der Waals surface area contributed by atoms with Crippen molar-refractivity contribution < 1.29 is 19.4 Å². The Hall–Kier alpha value is -3.91. The lowest BCUT2D eigenvalue weighted by Crippen LogP contribution is -2.60. The Morgan fingerprint density at radius 1 is 1.15 bits per heavy atom. The number of amides is 1. The maximum Gasteiger partial charge on any atom is 0.271 e. The van der Waals surface area contributed by atoms with E-state index in [1.807, 2.05) is 12.1 Å². The van der Waals surface area contributed by atoms with Crippen LogP contribution < -0.4 is 21.3 Å². The summed E-state index contributed by atoms with van der Waals surface area (Å²) >= 11 is 0. The number of aliphatic hydroxyl groups is 1. The molecule has 2 aliphatic carbocycles. The van der Waals surface area contributed by atoms with E-state index in [9.17, 15) is 19.5 Å². The Labute approximate surface area is 194 Å². The van der Waals surface area contributed by atoms with Gasteiger partial charge in [-0.3, -0.25) is 14.4 Å². The number of Topliss-reactive ketones (excluding diaryl/α,β-unsaturated/α-hetero) is 1. The van der Waals surface area contributed by atoms with E-state index in [-0.39, 0.29) is 22.5 Å². The van der Waals surface area contributed by atoms with Gasteiger partial charge in [0.05, 0.1) is 5.56 Å². The summed E-state index contributed by atoms with van der Waals surface area (Å²) in [5, 5.41) is 14.7. The van der Waals surface area contributed by atoms with Crippen LogP contribution in [0.25, 0.3) is 0 Å². The molecule has 34 heavy (non-hydrogen) atoms. The summed E-state index contributed by atoms with van der Waals surface area (Å²) in [5.74, 6) is -2.27. The number of aromatic amines is 1. The maximum absolute atomic E-state index is 14.0. The number of aromatic nitrogens is 1. The molecule has 8 heteroatoms. The number of ketones is 1. The van der Waals surface area contributed by atoms with Crippen molar-refractivity contribution in [3.63, 3.8) is 0 Å². The van der Waals surface area contributed by atoms with Crippen molar-refractivity contribution >= 4 is 17.4 Å². The lowest BCUT2D eigenvalue weighted by atomic mass is 9.81. The highest BCUT2D eigenvalue weighted by molar-refractivity contribution is 6.15. The molecule has 0 radical (unpaired) electrons. The Morgan fingerprint density at radius 2 is 1.91 bits per heavy atom. The molecule has 3 aliphatic rings. The van der Waals surface area contributed by atoms with Crippen LogP contribution in [-0.2, 0) is 11.3 Å². The highest BCUT2D eigenvalue weighted by Gasteiger charge is 2.72. The number of H-pyrrole nitrogens is 1. The van der Waals surface area contributed by atoms with Gasteiger partial charge >= 0.3 is 0 Å². The van der Waals surface area contributed by atoms with Crippen molar-refractivity contribution in [3.8, 4) is 5.75 Å². The van der Waals surface area contributed by atoms with E-state index in [2.05, 4.69) is 17.2 Å². The summed E-state index contributed by atoms with van der Waals surface area (Å²) in [6.07, 6.45) is 2.34. The van der Waals surface area contributed by atoms with Gasteiger partial charge in [-0.15, -0.1) is 0 Å². The number of fused-ring (bicyclic) bond motifs is 5. The van der Waals surface area contributed by atoms with E-state index < -0.39 is 28.6 Å². The number of benzene rings is 2. The average Bonchev–Trinajstić information content (AvgIpc) is 3.60. The number of nitrogens with two attached hydrogens (primary N) is 1. The number of ether oxygens (including phenoxy) is 1. The number of hydrogen-bond donors (Lipinski definition) is 4. The fourth-order valence-electron chi connectivity index (χ4n) is 5.36. The van der Waals surface area contributed by atoms with Gasteiger partial charge in [0.25, 0.3) is 11.7 Å². The Balaban J connectivity index is 1.54. The van der Waals surface area contributed by atoms with Gasteiger partial charge in [-0.1, -0.05) is 37.3 Å². The molecule has 6 rings (SSSR count). The number of carbonyl (C=O) groups excluding carboxylic acids is 2. The highest BCUT2D eigenvalue weighted by Crippen LogP contribution is 2.59. The first kappa shape index (κ1) is 20.7. The first-order valence-electron chi connectivity index (χ1n) is 11.3. The SMILES string of the molecule is CC(c1ccc2c(c1)O[C@]1(O)c3cccc(N)c3C(=O)C21NC(=O)c1cccc(=O)[nH]1)C1CC1. The van der Waals surface area contributed by atoms with Crippen LogP contribution in [-0.4, -0.2) is 21.8 Å². The number of nitrogen functional groups attached to an aromatic ring is 1. The van der Waals surface area contributed by atoms with E-state index in [1.54, 1.807) is 24.3 Å². The fraction of sp³-hybridized carbons (Fsp3) is 0.269. The summed E-state index contributed by atoms with van der Waals surface area (Å²) in [6, 6.07) is 14.4. The average molecular weight is 457 g/mol. The topological polar surface area (TPSA) is 135 Å². The second kappa shape index (κ2) is 6.80. The fourth-order valence-corrected chi connectivity index (χ4v) is 5.36. The molecule has 3 aromatic rings. The smallest absolute Gasteiger partial charge is 0.271 e. The van der Waals surface area contributed by atoms with Crippen LogP contribution in [0.3, 0.4) is 0 Å². The molecule has 2 unspecified atom stereocenters. The molecule has 1 amide bonds. The number of hydrogen-bond acceptors (Lipinski definition) is 6. The molecular weight excluding hydrogens is 434 g/mol. The van der Waals surface area contributed by atoms with Crippen LogP contribution in [0.4, 0.5) is 5.69 Å². The zero-order valence-corrected chi connectivity index (χ0v) is 18.4. The van der Waals surface area contributed by atoms with Crippen LogP contribution >= 0.6 is 0 Å². The second-order valence-electron chi connectivity index (χ2n) is 9.36. The summed E-state index contributed by atoms with van der Waals surface area (Å²) in [4.78, 5) is 41.5. The number of nitrogens with one attached hydrogen (secondary N) is 2. The highest BCUT2D eigenvalue weighted by atomic mass is 16.6. The number of rotatable bonds is 4. The molecule has 172 valence electrons. The molecule has 8 nitrogen and oxygen atoms in total. The van der Waals surface area contributed by atoms with Crippen molar-refractivity contribution in [1.29, 1.82) is 0 Å². The molecule has 2 aromatic carbocycles. The van der Waals surface area contributed by atoms with Crippen LogP contribution in [0.15, 0.2) is 59.4 Å². The number of carbonyl (C=O) groups is 2. The minimum atomic E-state index is -2.21. The first-order valence-corrected chi connectivity index (χ1v) is 11.3. The quantitative estimate of drug-likeness (QED) is 0.445. The summed E-state index contributed by atoms with van der Waals surface area (Å²) in [5.41, 5.74) is 5.49.